The van der Waals surface area contributed by atoms with Crippen LogP contribution >= 0.6 is 11.8 Å². The Kier molecular flexibility index (Phi) is 6.06. The molecule has 1 heterocycles. The molecule has 142 valence electrons. The fourth-order valence-corrected chi connectivity index (χ4v) is 3.77. The molecule has 5 nitrogen and oxygen atoms in total. The Balaban J connectivity index is 1.57. The number of carbonyl (C=O) groups excluding carboxylic acids is 1. The Bertz CT molecular complexity index is 918. The Morgan fingerprint density at radius 3 is 2.63 bits per heavy atom. The van der Waals surface area contributed by atoms with Gasteiger partial charge in [0.2, 0.25) is 5.91 Å². The summed E-state index contributed by atoms with van der Waals surface area (Å²) in [5, 5.41) is 3.71. The highest BCUT2D eigenvalue weighted by molar-refractivity contribution is 7.99. The van der Waals surface area contributed by atoms with Gasteiger partial charge in [-0.2, -0.15) is 0 Å². The molecule has 0 radical (unpaired) electrons. The van der Waals surface area contributed by atoms with Gasteiger partial charge in [-0.1, -0.05) is 17.8 Å². The third kappa shape index (κ3) is 4.83. The van der Waals surface area contributed by atoms with Gasteiger partial charge in [0.05, 0.1) is 16.8 Å². The van der Waals surface area contributed by atoms with Gasteiger partial charge in [0.1, 0.15) is 0 Å². The maximum atomic E-state index is 12.3. The van der Waals surface area contributed by atoms with Crippen LogP contribution in [-0.2, 0) is 4.79 Å². The molecule has 0 aliphatic carbocycles. The largest absolute Gasteiger partial charge is 0.369 e. The van der Waals surface area contributed by atoms with E-state index >= 15 is 0 Å². The number of rotatable bonds is 7. The Hall–Kier alpha value is -2.47. The van der Waals surface area contributed by atoms with Crippen molar-refractivity contribution in [3.05, 3.63) is 48.0 Å². The Morgan fingerprint density at radius 2 is 1.96 bits per heavy atom. The van der Waals surface area contributed by atoms with Gasteiger partial charge in [0.25, 0.3) is 0 Å². The first-order valence-corrected chi connectivity index (χ1v) is 10.2. The number of nitrogens with zero attached hydrogens (tertiary/aromatic N) is 2. The topological polar surface area (TPSA) is 61.0 Å². The molecule has 3 aromatic rings. The zero-order valence-electron chi connectivity index (χ0n) is 16.2. The lowest BCUT2D eigenvalue weighted by Gasteiger charge is -2.27. The van der Waals surface area contributed by atoms with E-state index in [-0.39, 0.29) is 5.91 Å². The van der Waals surface area contributed by atoms with Crippen LogP contribution in [-0.4, -0.2) is 34.2 Å². The van der Waals surface area contributed by atoms with Crippen molar-refractivity contribution in [1.29, 1.82) is 0 Å². The number of amides is 1. The van der Waals surface area contributed by atoms with Crippen molar-refractivity contribution in [2.24, 2.45) is 0 Å². The summed E-state index contributed by atoms with van der Waals surface area (Å²) < 4.78 is 0. The van der Waals surface area contributed by atoms with E-state index < -0.39 is 0 Å². The molecule has 0 atom stereocenters. The summed E-state index contributed by atoms with van der Waals surface area (Å²) >= 11 is 1.41. The van der Waals surface area contributed by atoms with Gasteiger partial charge < -0.3 is 15.2 Å². The molecule has 0 saturated carbocycles. The van der Waals surface area contributed by atoms with Crippen LogP contribution in [0.4, 0.5) is 11.4 Å². The SMILES string of the molecule is CCN(c1ccc(NC(=O)CSc2nc3ccc(C)cc3[nH]2)cc1)C(C)C. The van der Waals surface area contributed by atoms with Crippen LogP contribution in [0.15, 0.2) is 47.6 Å². The predicted molar refractivity (Wildman–Crippen MR) is 115 cm³/mol. The molecular weight excluding hydrogens is 356 g/mol. The van der Waals surface area contributed by atoms with Gasteiger partial charge in [0, 0.05) is 24.0 Å². The van der Waals surface area contributed by atoms with E-state index in [1.807, 2.05) is 43.3 Å². The van der Waals surface area contributed by atoms with Crippen molar-refractivity contribution in [2.45, 2.75) is 38.9 Å². The molecule has 2 N–H and O–H groups in total. The third-order valence-corrected chi connectivity index (χ3v) is 5.28. The van der Waals surface area contributed by atoms with Crippen LogP contribution in [0.5, 0.6) is 0 Å². The van der Waals surface area contributed by atoms with E-state index in [0.29, 0.717) is 11.8 Å². The number of hydrogen-bond donors (Lipinski definition) is 2. The third-order valence-electron chi connectivity index (χ3n) is 4.40. The second-order valence-corrected chi connectivity index (χ2v) is 7.79. The minimum Gasteiger partial charge on any atom is -0.369 e. The summed E-state index contributed by atoms with van der Waals surface area (Å²) in [6, 6.07) is 14.5. The molecule has 0 aliphatic rings. The fraction of sp³-hybridized carbons (Fsp3) is 0.333. The second kappa shape index (κ2) is 8.48. The standard InChI is InChI=1S/C21H26N4OS/c1-5-25(14(2)3)17-9-7-16(8-10-17)22-20(26)13-27-21-23-18-11-6-15(4)12-19(18)24-21/h6-12,14H,5,13H2,1-4H3,(H,22,26)(H,23,24). The van der Waals surface area contributed by atoms with Gasteiger partial charge in [-0.15, -0.1) is 0 Å². The van der Waals surface area contributed by atoms with E-state index in [9.17, 15) is 4.79 Å². The molecule has 0 unspecified atom stereocenters. The molecular formula is C21H26N4OS. The first kappa shape index (κ1) is 19.3. The smallest absolute Gasteiger partial charge is 0.234 e. The van der Waals surface area contributed by atoms with Crippen LogP contribution in [0.25, 0.3) is 11.0 Å². The number of hydrogen-bond acceptors (Lipinski definition) is 4. The number of aromatic nitrogens is 2. The summed E-state index contributed by atoms with van der Waals surface area (Å²) in [6.45, 7) is 9.50. The zero-order valence-corrected chi connectivity index (χ0v) is 17.1. The number of carbonyl (C=O) groups is 1. The highest BCUT2D eigenvalue weighted by atomic mass is 32.2. The molecule has 0 saturated heterocycles. The number of nitrogens with one attached hydrogen (secondary N) is 2. The van der Waals surface area contributed by atoms with Crippen molar-refractivity contribution >= 4 is 40.1 Å². The molecule has 0 fully saturated rings. The fourth-order valence-electron chi connectivity index (χ4n) is 3.08. The molecule has 27 heavy (non-hydrogen) atoms. The number of thioether (sulfide) groups is 1. The van der Waals surface area contributed by atoms with Gasteiger partial charge >= 0.3 is 0 Å². The predicted octanol–water partition coefficient (Wildman–Crippen LogP) is 4.84. The molecule has 0 spiro atoms. The molecule has 1 amide bonds. The number of fused-ring (bicyclic) bond motifs is 1. The zero-order chi connectivity index (χ0) is 19.4. The molecule has 6 heteroatoms. The minimum atomic E-state index is -0.0411. The van der Waals surface area contributed by atoms with E-state index in [4.69, 9.17) is 0 Å². The normalized spacial score (nSPS) is 11.1. The monoisotopic (exact) mass is 382 g/mol. The number of H-pyrrole nitrogens is 1. The molecule has 2 aromatic carbocycles. The second-order valence-electron chi connectivity index (χ2n) is 6.83. The Labute approximate surface area is 164 Å². The number of benzene rings is 2. The van der Waals surface area contributed by atoms with Gasteiger partial charge in [-0.05, 0) is 69.7 Å². The lowest BCUT2D eigenvalue weighted by atomic mass is 10.2. The number of imidazole rings is 1. The number of aromatic amines is 1. The van der Waals surface area contributed by atoms with Crippen molar-refractivity contribution in [3.8, 4) is 0 Å². The van der Waals surface area contributed by atoms with Crippen LogP contribution in [0.1, 0.15) is 26.3 Å². The summed E-state index contributed by atoms with van der Waals surface area (Å²) in [6.07, 6.45) is 0. The lowest BCUT2D eigenvalue weighted by Crippen LogP contribution is -2.30. The van der Waals surface area contributed by atoms with E-state index in [1.165, 1.54) is 17.3 Å². The Morgan fingerprint density at radius 1 is 1.22 bits per heavy atom. The number of anilines is 2. The van der Waals surface area contributed by atoms with Crippen LogP contribution in [0.3, 0.4) is 0 Å². The number of aryl methyl sites for hydroxylation is 1. The van der Waals surface area contributed by atoms with Gasteiger partial charge in [-0.25, -0.2) is 4.98 Å². The van der Waals surface area contributed by atoms with Gasteiger partial charge in [-0.3, -0.25) is 4.79 Å². The first-order valence-electron chi connectivity index (χ1n) is 9.22. The molecule has 0 bridgehead atoms. The van der Waals surface area contributed by atoms with Crippen LogP contribution in [0, 0.1) is 6.92 Å². The molecule has 3 rings (SSSR count). The van der Waals surface area contributed by atoms with Crippen LogP contribution in [0.2, 0.25) is 0 Å². The summed E-state index contributed by atoms with van der Waals surface area (Å²) in [7, 11) is 0. The quantitative estimate of drug-likeness (QED) is 0.574. The van der Waals surface area contributed by atoms with E-state index in [0.717, 1.165) is 34.1 Å². The van der Waals surface area contributed by atoms with Crippen molar-refractivity contribution < 1.29 is 4.79 Å². The first-order chi connectivity index (χ1) is 13.0. The summed E-state index contributed by atoms with van der Waals surface area (Å²) in [5.41, 5.74) is 5.08. The van der Waals surface area contributed by atoms with Crippen LogP contribution < -0.4 is 10.2 Å². The average molecular weight is 383 g/mol. The maximum absolute atomic E-state index is 12.3. The molecule has 1 aromatic heterocycles. The summed E-state index contributed by atoms with van der Waals surface area (Å²) in [4.78, 5) is 22.3. The average Bonchev–Trinajstić information content (AvgIpc) is 3.04. The molecule has 0 aliphatic heterocycles. The highest BCUT2D eigenvalue weighted by Gasteiger charge is 2.10. The summed E-state index contributed by atoms with van der Waals surface area (Å²) in [5.74, 6) is 0.272. The van der Waals surface area contributed by atoms with Gasteiger partial charge in [0.15, 0.2) is 5.16 Å². The minimum absolute atomic E-state index is 0.0411. The van der Waals surface area contributed by atoms with Crippen molar-refractivity contribution in [3.63, 3.8) is 0 Å². The maximum Gasteiger partial charge on any atom is 0.234 e. The highest BCUT2D eigenvalue weighted by Crippen LogP contribution is 2.22. The van der Waals surface area contributed by atoms with Crippen molar-refractivity contribution in [2.75, 3.05) is 22.5 Å². The van der Waals surface area contributed by atoms with E-state index in [2.05, 4.69) is 47.0 Å². The van der Waals surface area contributed by atoms with Crippen molar-refractivity contribution in [1.82, 2.24) is 9.97 Å². The lowest BCUT2D eigenvalue weighted by molar-refractivity contribution is -0.113. The van der Waals surface area contributed by atoms with E-state index in [1.54, 1.807) is 0 Å².